The summed E-state index contributed by atoms with van der Waals surface area (Å²) in [6.45, 7) is 4.21. The van der Waals surface area contributed by atoms with E-state index in [4.69, 9.17) is 16.6 Å². The highest BCUT2D eigenvalue weighted by atomic mass is 35.5. The van der Waals surface area contributed by atoms with Crippen LogP contribution in [0.25, 0.3) is 11.3 Å². The van der Waals surface area contributed by atoms with Crippen molar-refractivity contribution in [2.24, 2.45) is 0 Å². The summed E-state index contributed by atoms with van der Waals surface area (Å²) in [7, 11) is 0. The molecule has 0 radical (unpaired) electrons. The predicted octanol–water partition coefficient (Wildman–Crippen LogP) is 3.51. The molecule has 1 aliphatic rings. The van der Waals surface area contributed by atoms with Crippen LogP contribution in [-0.4, -0.2) is 23.1 Å². The Morgan fingerprint density at radius 1 is 1.37 bits per heavy atom. The molecule has 1 atom stereocenters. The van der Waals surface area contributed by atoms with Crippen molar-refractivity contribution < 1.29 is 0 Å². The highest BCUT2D eigenvalue weighted by molar-refractivity contribution is 6.30. The van der Waals surface area contributed by atoms with Crippen LogP contribution in [0.4, 0.5) is 0 Å². The summed E-state index contributed by atoms with van der Waals surface area (Å²) in [5.74, 6) is 1.60. The molecule has 3 rings (SSSR count). The molecule has 2 aromatic rings. The topological polar surface area (TPSA) is 40.7 Å². The van der Waals surface area contributed by atoms with Gasteiger partial charge in [-0.05, 0) is 38.4 Å². The maximum atomic E-state index is 6.05. The van der Waals surface area contributed by atoms with Crippen LogP contribution in [-0.2, 0) is 0 Å². The molecule has 0 aliphatic carbocycles. The van der Waals surface area contributed by atoms with Crippen LogP contribution in [0.3, 0.4) is 0 Å². The average molecular weight is 276 g/mol. The second-order valence-electron chi connectivity index (χ2n) is 5.15. The molecule has 1 aromatic carbocycles. The summed E-state index contributed by atoms with van der Waals surface area (Å²) in [5.41, 5.74) is 3.21. The van der Waals surface area contributed by atoms with Gasteiger partial charge < -0.3 is 10.3 Å². The Hall–Kier alpha value is -1.32. The molecule has 100 valence electrons. The highest BCUT2D eigenvalue weighted by Crippen LogP contribution is 2.28. The first-order chi connectivity index (χ1) is 9.24. The zero-order chi connectivity index (χ0) is 13.2. The van der Waals surface area contributed by atoms with Crippen LogP contribution in [0, 0.1) is 6.92 Å². The molecule has 4 heteroatoms. The van der Waals surface area contributed by atoms with Crippen LogP contribution in [0.1, 0.15) is 30.3 Å². The zero-order valence-electron chi connectivity index (χ0n) is 11.0. The highest BCUT2D eigenvalue weighted by Gasteiger charge is 2.20. The molecule has 3 nitrogen and oxygen atoms in total. The summed E-state index contributed by atoms with van der Waals surface area (Å²) in [5, 5.41) is 4.18. The molecule has 0 bridgehead atoms. The number of rotatable bonds is 2. The quantitative estimate of drug-likeness (QED) is 0.881. The third-order valence-electron chi connectivity index (χ3n) is 3.68. The first-order valence-electron chi connectivity index (χ1n) is 6.77. The normalized spacial score (nSPS) is 19.6. The number of aryl methyl sites for hydroxylation is 1. The standard InChI is InChI=1S/C15H18ClN3/c1-10-14(11-4-2-6-13(16)8-11)19-15(18-10)12-5-3-7-17-9-12/h2,4,6,8,12,17H,3,5,7,9H2,1H3,(H,18,19). The fourth-order valence-corrected chi connectivity index (χ4v) is 2.87. The fourth-order valence-electron chi connectivity index (χ4n) is 2.68. The minimum atomic E-state index is 0.500. The van der Waals surface area contributed by atoms with E-state index in [0.29, 0.717) is 5.92 Å². The van der Waals surface area contributed by atoms with Crippen molar-refractivity contribution in [3.63, 3.8) is 0 Å². The smallest absolute Gasteiger partial charge is 0.111 e. The van der Waals surface area contributed by atoms with Gasteiger partial charge in [0.25, 0.3) is 0 Å². The van der Waals surface area contributed by atoms with Gasteiger partial charge in [0.05, 0.1) is 5.69 Å². The number of imidazole rings is 1. The van der Waals surface area contributed by atoms with Crippen LogP contribution in [0.5, 0.6) is 0 Å². The number of nitrogens with zero attached hydrogens (tertiary/aromatic N) is 1. The summed E-state index contributed by atoms with van der Waals surface area (Å²) < 4.78 is 0. The van der Waals surface area contributed by atoms with Crippen molar-refractivity contribution >= 4 is 11.6 Å². The van der Waals surface area contributed by atoms with E-state index in [9.17, 15) is 0 Å². The fraction of sp³-hybridized carbons (Fsp3) is 0.400. The van der Waals surface area contributed by atoms with Crippen molar-refractivity contribution in [1.29, 1.82) is 0 Å². The van der Waals surface area contributed by atoms with Gasteiger partial charge in [-0.1, -0.05) is 23.7 Å². The number of hydrogen-bond acceptors (Lipinski definition) is 2. The molecule has 1 saturated heterocycles. The zero-order valence-corrected chi connectivity index (χ0v) is 11.8. The number of nitrogens with one attached hydrogen (secondary N) is 2. The lowest BCUT2D eigenvalue weighted by Crippen LogP contribution is -2.28. The van der Waals surface area contributed by atoms with Gasteiger partial charge in [-0.3, -0.25) is 0 Å². The molecule has 1 fully saturated rings. The number of piperidine rings is 1. The van der Waals surface area contributed by atoms with Gasteiger partial charge in [0.15, 0.2) is 0 Å². The summed E-state index contributed by atoms with van der Waals surface area (Å²) in [4.78, 5) is 8.23. The minimum Gasteiger partial charge on any atom is -0.345 e. The van der Waals surface area contributed by atoms with Gasteiger partial charge in [-0.2, -0.15) is 0 Å². The first-order valence-corrected chi connectivity index (χ1v) is 7.15. The van der Waals surface area contributed by atoms with E-state index in [0.717, 1.165) is 40.9 Å². The second kappa shape index (κ2) is 5.35. The third-order valence-corrected chi connectivity index (χ3v) is 3.92. The van der Waals surface area contributed by atoms with Crippen molar-refractivity contribution in [2.45, 2.75) is 25.7 Å². The van der Waals surface area contributed by atoms with E-state index in [1.165, 1.54) is 12.8 Å². The van der Waals surface area contributed by atoms with E-state index in [-0.39, 0.29) is 0 Å². The molecule has 1 unspecified atom stereocenters. The Morgan fingerprint density at radius 2 is 2.26 bits per heavy atom. The van der Waals surface area contributed by atoms with E-state index in [1.807, 2.05) is 18.2 Å². The molecule has 0 saturated carbocycles. The van der Waals surface area contributed by atoms with Crippen molar-refractivity contribution in [2.75, 3.05) is 13.1 Å². The lowest BCUT2D eigenvalue weighted by atomic mass is 9.99. The van der Waals surface area contributed by atoms with Gasteiger partial charge in [-0.25, -0.2) is 4.98 Å². The average Bonchev–Trinajstić information content (AvgIpc) is 2.82. The molecule has 1 aromatic heterocycles. The maximum absolute atomic E-state index is 6.05. The van der Waals surface area contributed by atoms with Crippen molar-refractivity contribution in [3.05, 3.63) is 40.8 Å². The second-order valence-corrected chi connectivity index (χ2v) is 5.59. The number of halogens is 1. The first kappa shape index (κ1) is 12.7. The van der Waals surface area contributed by atoms with Crippen LogP contribution in [0.15, 0.2) is 24.3 Å². The minimum absolute atomic E-state index is 0.500. The van der Waals surface area contributed by atoms with E-state index in [2.05, 4.69) is 23.3 Å². The molecule has 19 heavy (non-hydrogen) atoms. The number of H-pyrrole nitrogens is 1. The largest absolute Gasteiger partial charge is 0.345 e. The number of aromatic nitrogens is 2. The Bertz CT molecular complexity index is 571. The Balaban J connectivity index is 1.92. The molecule has 0 spiro atoms. The SMILES string of the molecule is Cc1[nH]c(C2CCCNC2)nc1-c1cccc(Cl)c1. The Kier molecular flexibility index (Phi) is 3.58. The number of aromatic amines is 1. The molecule has 2 heterocycles. The predicted molar refractivity (Wildman–Crippen MR) is 78.6 cm³/mol. The number of hydrogen-bond donors (Lipinski definition) is 2. The number of benzene rings is 1. The Morgan fingerprint density at radius 3 is 3.00 bits per heavy atom. The molecular formula is C15H18ClN3. The van der Waals surface area contributed by atoms with Crippen LogP contribution in [0.2, 0.25) is 5.02 Å². The maximum Gasteiger partial charge on any atom is 0.111 e. The summed E-state index contributed by atoms with van der Waals surface area (Å²) >= 11 is 6.05. The monoisotopic (exact) mass is 275 g/mol. The lowest BCUT2D eigenvalue weighted by molar-refractivity contribution is 0.448. The van der Waals surface area contributed by atoms with Gasteiger partial charge in [-0.15, -0.1) is 0 Å². The van der Waals surface area contributed by atoms with Crippen molar-refractivity contribution in [1.82, 2.24) is 15.3 Å². The van der Waals surface area contributed by atoms with E-state index >= 15 is 0 Å². The van der Waals surface area contributed by atoms with Crippen molar-refractivity contribution in [3.8, 4) is 11.3 Å². The van der Waals surface area contributed by atoms with Gasteiger partial charge in [0.2, 0.25) is 0 Å². The lowest BCUT2D eigenvalue weighted by Gasteiger charge is -2.20. The molecule has 1 aliphatic heterocycles. The van der Waals surface area contributed by atoms with Crippen LogP contribution >= 0.6 is 11.6 Å². The van der Waals surface area contributed by atoms with E-state index < -0.39 is 0 Å². The Labute approximate surface area is 118 Å². The molecule has 0 amide bonds. The van der Waals surface area contributed by atoms with E-state index in [1.54, 1.807) is 0 Å². The van der Waals surface area contributed by atoms with Crippen LogP contribution < -0.4 is 5.32 Å². The van der Waals surface area contributed by atoms with Gasteiger partial charge >= 0.3 is 0 Å². The van der Waals surface area contributed by atoms with Gasteiger partial charge in [0, 0.05) is 28.7 Å². The summed E-state index contributed by atoms with van der Waals surface area (Å²) in [6.07, 6.45) is 2.42. The van der Waals surface area contributed by atoms with Gasteiger partial charge in [0.1, 0.15) is 5.82 Å². The molecular weight excluding hydrogens is 258 g/mol. The summed E-state index contributed by atoms with van der Waals surface area (Å²) in [6, 6.07) is 7.87. The third kappa shape index (κ3) is 2.67. The molecule has 2 N–H and O–H groups in total.